The van der Waals surface area contributed by atoms with Crippen LogP contribution < -0.4 is 5.73 Å². The predicted molar refractivity (Wildman–Crippen MR) is 73.7 cm³/mol. The molecule has 2 N–H and O–H groups in total. The van der Waals surface area contributed by atoms with Crippen molar-refractivity contribution in [1.29, 1.82) is 0 Å². The minimum atomic E-state index is 0.496. The molecule has 2 aromatic heterocycles. The van der Waals surface area contributed by atoms with Gasteiger partial charge in [0.25, 0.3) is 0 Å². The molecule has 0 aliphatic carbocycles. The van der Waals surface area contributed by atoms with Crippen molar-refractivity contribution < 1.29 is 4.42 Å². The summed E-state index contributed by atoms with van der Waals surface area (Å²) in [5.41, 5.74) is 7.74. The van der Waals surface area contributed by atoms with Gasteiger partial charge in [0, 0.05) is 17.3 Å². The Hall–Kier alpha value is -0.880. The number of aryl methyl sites for hydroxylation is 1. The zero-order chi connectivity index (χ0) is 12.6. The first kappa shape index (κ1) is 12.6. The third-order valence-corrected chi connectivity index (χ3v) is 4.19. The van der Waals surface area contributed by atoms with Gasteiger partial charge in [0.1, 0.15) is 5.82 Å². The SMILES string of the molecule is CCc1nc(-c2cc(Br)c(Br)o2)nc(N)c1C. The fraction of sp³-hybridized carbons (Fsp3) is 0.273. The number of anilines is 1. The van der Waals surface area contributed by atoms with E-state index in [1.54, 1.807) is 0 Å². The van der Waals surface area contributed by atoms with E-state index in [4.69, 9.17) is 10.2 Å². The van der Waals surface area contributed by atoms with E-state index < -0.39 is 0 Å². The Bertz CT molecular complexity index is 547. The monoisotopic (exact) mass is 359 g/mol. The summed E-state index contributed by atoms with van der Waals surface area (Å²) in [6.07, 6.45) is 0.814. The molecule has 0 aliphatic rings. The second-order valence-electron chi connectivity index (χ2n) is 3.59. The summed E-state index contributed by atoms with van der Waals surface area (Å²) in [5.74, 6) is 1.59. The van der Waals surface area contributed by atoms with Crippen LogP contribution in [-0.2, 0) is 6.42 Å². The summed E-state index contributed by atoms with van der Waals surface area (Å²) in [4.78, 5) is 8.69. The predicted octanol–water partition coefficient (Wildman–Crippen LogP) is 3.71. The number of rotatable bonds is 2. The van der Waals surface area contributed by atoms with Gasteiger partial charge in [0.15, 0.2) is 16.3 Å². The summed E-state index contributed by atoms with van der Waals surface area (Å²) >= 11 is 6.64. The Morgan fingerprint density at radius 1 is 1.35 bits per heavy atom. The van der Waals surface area contributed by atoms with Crippen LogP contribution in [0, 0.1) is 6.92 Å². The van der Waals surface area contributed by atoms with E-state index in [9.17, 15) is 0 Å². The molecule has 0 amide bonds. The molecular formula is C11H11Br2N3O. The summed E-state index contributed by atoms with van der Waals surface area (Å²) in [6.45, 7) is 3.96. The number of hydrogen-bond acceptors (Lipinski definition) is 4. The molecule has 17 heavy (non-hydrogen) atoms. The largest absolute Gasteiger partial charge is 0.445 e. The Morgan fingerprint density at radius 3 is 2.59 bits per heavy atom. The highest BCUT2D eigenvalue weighted by atomic mass is 79.9. The Kier molecular flexibility index (Phi) is 3.53. The maximum atomic E-state index is 5.86. The summed E-state index contributed by atoms with van der Waals surface area (Å²) < 4.78 is 6.93. The number of hydrogen-bond donors (Lipinski definition) is 1. The highest BCUT2D eigenvalue weighted by Crippen LogP contribution is 2.32. The normalized spacial score (nSPS) is 10.8. The van der Waals surface area contributed by atoms with Crippen molar-refractivity contribution in [2.45, 2.75) is 20.3 Å². The molecule has 0 bridgehead atoms. The van der Waals surface area contributed by atoms with Crippen LogP contribution in [0.1, 0.15) is 18.2 Å². The Morgan fingerprint density at radius 2 is 2.06 bits per heavy atom. The van der Waals surface area contributed by atoms with Crippen LogP contribution in [0.5, 0.6) is 0 Å². The van der Waals surface area contributed by atoms with Gasteiger partial charge in [-0.05, 0) is 45.2 Å². The van der Waals surface area contributed by atoms with Crippen LogP contribution in [0.3, 0.4) is 0 Å². The fourth-order valence-corrected chi connectivity index (χ4v) is 2.07. The molecule has 0 radical (unpaired) electrons. The van der Waals surface area contributed by atoms with E-state index in [1.165, 1.54) is 0 Å². The molecule has 0 saturated carbocycles. The van der Waals surface area contributed by atoms with E-state index >= 15 is 0 Å². The van der Waals surface area contributed by atoms with Crippen molar-refractivity contribution in [3.05, 3.63) is 26.5 Å². The van der Waals surface area contributed by atoms with Gasteiger partial charge in [-0.25, -0.2) is 9.97 Å². The standard InChI is InChI=1S/C11H11Br2N3O/c1-3-7-5(2)10(14)16-11(15-7)8-4-6(12)9(13)17-8/h4H,3H2,1-2H3,(H2,14,15,16). The molecule has 4 nitrogen and oxygen atoms in total. The lowest BCUT2D eigenvalue weighted by atomic mass is 10.2. The van der Waals surface area contributed by atoms with Gasteiger partial charge in [-0.15, -0.1) is 0 Å². The number of nitrogens with two attached hydrogens (primary N) is 1. The topological polar surface area (TPSA) is 64.9 Å². The van der Waals surface area contributed by atoms with Crippen LogP contribution in [0.4, 0.5) is 5.82 Å². The van der Waals surface area contributed by atoms with Gasteiger partial charge >= 0.3 is 0 Å². The molecule has 2 rings (SSSR count). The molecule has 2 heterocycles. The lowest BCUT2D eigenvalue weighted by Crippen LogP contribution is -2.03. The van der Waals surface area contributed by atoms with Crippen molar-refractivity contribution >= 4 is 37.7 Å². The number of nitrogen functional groups attached to an aromatic ring is 1. The van der Waals surface area contributed by atoms with Crippen LogP contribution in [0.25, 0.3) is 11.6 Å². The Balaban J connectivity index is 2.56. The Labute approximate surface area is 116 Å². The smallest absolute Gasteiger partial charge is 0.197 e. The maximum Gasteiger partial charge on any atom is 0.197 e. The third kappa shape index (κ3) is 2.37. The average molecular weight is 361 g/mol. The molecule has 90 valence electrons. The van der Waals surface area contributed by atoms with E-state index in [0.717, 1.165) is 22.2 Å². The third-order valence-electron chi connectivity index (χ3n) is 2.48. The minimum Gasteiger partial charge on any atom is -0.445 e. The molecule has 0 aliphatic heterocycles. The first-order chi connectivity index (χ1) is 8.02. The molecule has 0 saturated heterocycles. The zero-order valence-electron chi connectivity index (χ0n) is 9.42. The number of halogens is 2. The van der Waals surface area contributed by atoms with Crippen LogP contribution in [-0.4, -0.2) is 9.97 Å². The van der Waals surface area contributed by atoms with E-state index in [-0.39, 0.29) is 0 Å². The van der Waals surface area contributed by atoms with Crippen molar-refractivity contribution in [2.75, 3.05) is 5.73 Å². The quantitative estimate of drug-likeness (QED) is 0.886. The molecule has 6 heteroatoms. The number of aromatic nitrogens is 2. The fourth-order valence-electron chi connectivity index (χ4n) is 1.49. The highest BCUT2D eigenvalue weighted by molar-refractivity contribution is 9.13. The molecule has 0 fully saturated rings. The zero-order valence-corrected chi connectivity index (χ0v) is 12.6. The van der Waals surface area contributed by atoms with E-state index in [0.29, 0.717) is 22.1 Å². The van der Waals surface area contributed by atoms with Gasteiger partial charge in [-0.1, -0.05) is 6.92 Å². The first-order valence-electron chi connectivity index (χ1n) is 5.11. The molecular weight excluding hydrogens is 350 g/mol. The van der Waals surface area contributed by atoms with Gasteiger partial charge in [-0.2, -0.15) is 0 Å². The number of nitrogens with zero attached hydrogens (tertiary/aromatic N) is 2. The van der Waals surface area contributed by atoms with Gasteiger partial charge in [0.05, 0.1) is 4.47 Å². The lowest BCUT2D eigenvalue weighted by Gasteiger charge is -2.06. The minimum absolute atomic E-state index is 0.496. The van der Waals surface area contributed by atoms with Gasteiger partial charge < -0.3 is 10.2 Å². The van der Waals surface area contributed by atoms with Gasteiger partial charge in [-0.3, -0.25) is 0 Å². The van der Waals surface area contributed by atoms with Gasteiger partial charge in [0.2, 0.25) is 0 Å². The van der Waals surface area contributed by atoms with Crippen molar-refractivity contribution in [3.8, 4) is 11.6 Å². The van der Waals surface area contributed by atoms with Crippen LogP contribution in [0.15, 0.2) is 19.6 Å². The molecule has 0 aromatic carbocycles. The van der Waals surface area contributed by atoms with Crippen molar-refractivity contribution in [1.82, 2.24) is 9.97 Å². The second-order valence-corrected chi connectivity index (χ2v) is 5.16. The summed E-state index contributed by atoms with van der Waals surface area (Å²) in [6, 6.07) is 1.81. The lowest BCUT2D eigenvalue weighted by molar-refractivity contribution is 0.549. The van der Waals surface area contributed by atoms with Crippen molar-refractivity contribution in [3.63, 3.8) is 0 Å². The summed E-state index contributed by atoms with van der Waals surface area (Å²) in [7, 11) is 0. The molecule has 0 atom stereocenters. The highest BCUT2D eigenvalue weighted by Gasteiger charge is 2.14. The van der Waals surface area contributed by atoms with Crippen LogP contribution >= 0.6 is 31.9 Å². The maximum absolute atomic E-state index is 5.86. The second kappa shape index (κ2) is 4.78. The van der Waals surface area contributed by atoms with Crippen LogP contribution in [0.2, 0.25) is 0 Å². The number of furan rings is 1. The summed E-state index contributed by atoms with van der Waals surface area (Å²) in [5, 5.41) is 0. The van der Waals surface area contributed by atoms with E-state index in [2.05, 4.69) is 41.8 Å². The molecule has 0 spiro atoms. The average Bonchev–Trinajstić information content (AvgIpc) is 2.63. The van der Waals surface area contributed by atoms with Crippen molar-refractivity contribution in [2.24, 2.45) is 0 Å². The van der Waals surface area contributed by atoms with E-state index in [1.807, 2.05) is 19.9 Å². The molecule has 0 unspecified atom stereocenters. The first-order valence-corrected chi connectivity index (χ1v) is 6.69. The molecule has 2 aromatic rings.